The molecule has 0 aliphatic carbocycles. The largest absolute Gasteiger partial charge is 0.497 e. The Bertz CT molecular complexity index is 735. The van der Waals surface area contributed by atoms with Crippen LogP contribution in [0, 0.1) is 0 Å². The van der Waals surface area contributed by atoms with Crippen molar-refractivity contribution in [3.05, 3.63) is 65.2 Å². The number of hydrogen-bond donors (Lipinski definition) is 3. The fourth-order valence-corrected chi connectivity index (χ4v) is 2.21. The van der Waals surface area contributed by atoms with Gasteiger partial charge in [-0.15, -0.1) is 24.0 Å². The lowest BCUT2D eigenvalue weighted by Gasteiger charge is -2.13. The van der Waals surface area contributed by atoms with Crippen molar-refractivity contribution < 1.29 is 9.53 Å². The first-order chi connectivity index (χ1) is 11.6. The van der Waals surface area contributed by atoms with E-state index in [-0.39, 0.29) is 24.0 Å². The second-order valence-corrected chi connectivity index (χ2v) is 5.20. The van der Waals surface area contributed by atoms with E-state index in [1.54, 1.807) is 26.3 Å². The molecule has 0 heterocycles. The summed E-state index contributed by atoms with van der Waals surface area (Å²) < 4.78 is 5.21. The van der Waals surface area contributed by atoms with Crippen molar-refractivity contribution in [2.45, 2.75) is 13.1 Å². The summed E-state index contributed by atoms with van der Waals surface area (Å²) in [4.78, 5) is 15.4. The van der Waals surface area contributed by atoms with Gasteiger partial charge in [0, 0.05) is 25.7 Å². The second-order valence-electron chi connectivity index (χ2n) is 5.20. The third-order valence-electron chi connectivity index (χ3n) is 3.49. The van der Waals surface area contributed by atoms with E-state index in [0.29, 0.717) is 24.6 Å². The predicted molar refractivity (Wildman–Crippen MR) is 110 cm³/mol. The predicted octanol–water partition coefficient (Wildman–Crippen LogP) is 2.28. The van der Waals surface area contributed by atoms with Crippen LogP contribution in [0.2, 0.25) is 0 Å². The Labute approximate surface area is 164 Å². The minimum Gasteiger partial charge on any atom is -0.497 e. The number of guanidine groups is 1. The monoisotopic (exact) mass is 454 g/mol. The average molecular weight is 454 g/mol. The lowest BCUT2D eigenvalue weighted by molar-refractivity contribution is 0.1000. The minimum atomic E-state index is -0.433. The zero-order valence-electron chi connectivity index (χ0n) is 14.3. The van der Waals surface area contributed by atoms with Crippen LogP contribution in [-0.4, -0.2) is 26.0 Å². The van der Waals surface area contributed by atoms with Gasteiger partial charge in [-0.05, 0) is 35.4 Å². The molecule has 0 aliphatic rings. The van der Waals surface area contributed by atoms with Crippen LogP contribution < -0.4 is 21.1 Å². The molecule has 0 aromatic heterocycles. The van der Waals surface area contributed by atoms with E-state index >= 15 is 0 Å². The molecule has 25 heavy (non-hydrogen) atoms. The molecule has 4 N–H and O–H groups in total. The Morgan fingerprint density at radius 2 is 1.68 bits per heavy atom. The van der Waals surface area contributed by atoms with Crippen LogP contribution >= 0.6 is 24.0 Å². The van der Waals surface area contributed by atoms with Crippen molar-refractivity contribution in [1.82, 2.24) is 10.6 Å². The van der Waals surface area contributed by atoms with E-state index in [0.717, 1.165) is 16.9 Å². The molecule has 2 aromatic rings. The molecule has 0 radical (unpaired) electrons. The number of hydrogen-bond acceptors (Lipinski definition) is 3. The van der Waals surface area contributed by atoms with Crippen LogP contribution in [0.3, 0.4) is 0 Å². The number of carbonyl (C=O) groups excluding carboxylic acids is 1. The maximum atomic E-state index is 11.2. The number of aliphatic imine (C=N–C) groups is 1. The number of nitrogens with two attached hydrogens (primary N) is 1. The molecular formula is C18H23IN4O2. The van der Waals surface area contributed by atoms with Gasteiger partial charge in [0.1, 0.15) is 5.75 Å². The van der Waals surface area contributed by atoms with E-state index in [9.17, 15) is 4.79 Å². The molecule has 0 unspecified atom stereocenters. The summed E-state index contributed by atoms with van der Waals surface area (Å²) in [5.41, 5.74) is 7.83. The lowest BCUT2D eigenvalue weighted by Crippen LogP contribution is -2.36. The van der Waals surface area contributed by atoms with Gasteiger partial charge in [-0.1, -0.05) is 24.3 Å². The molecule has 0 bridgehead atoms. The van der Waals surface area contributed by atoms with Gasteiger partial charge >= 0.3 is 0 Å². The number of nitrogens with one attached hydrogen (secondary N) is 2. The topological polar surface area (TPSA) is 88.7 Å². The normalized spacial score (nSPS) is 10.6. The van der Waals surface area contributed by atoms with Crippen LogP contribution in [-0.2, 0) is 13.1 Å². The highest BCUT2D eigenvalue weighted by molar-refractivity contribution is 14.0. The lowest BCUT2D eigenvalue weighted by atomic mass is 10.1. The van der Waals surface area contributed by atoms with Gasteiger partial charge in [0.25, 0.3) is 0 Å². The highest BCUT2D eigenvalue weighted by atomic mass is 127. The number of methoxy groups -OCH3 is 1. The summed E-state index contributed by atoms with van der Waals surface area (Å²) in [6.07, 6.45) is 0. The summed E-state index contributed by atoms with van der Waals surface area (Å²) in [5, 5.41) is 6.44. The zero-order chi connectivity index (χ0) is 17.4. The van der Waals surface area contributed by atoms with Crippen LogP contribution in [0.15, 0.2) is 53.5 Å². The number of ether oxygens (including phenoxy) is 1. The van der Waals surface area contributed by atoms with Gasteiger partial charge in [-0.25, -0.2) is 0 Å². The quantitative estimate of drug-likeness (QED) is 0.355. The second kappa shape index (κ2) is 10.5. The smallest absolute Gasteiger partial charge is 0.248 e. The minimum absolute atomic E-state index is 0. The molecule has 0 saturated carbocycles. The summed E-state index contributed by atoms with van der Waals surface area (Å²) in [6, 6.07) is 15.0. The van der Waals surface area contributed by atoms with Crippen LogP contribution in [0.1, 0.15) is 21.5 Å². The Morgan fingerprint density at radius 3 is 2.24 bits per heavy atom. The number of rotatable bonds is 6. The number of primary amides is 1. The molecule has 2 rings (SSSR count). The molecule has 0 atom stereocenters. The summed E-state index contributed by atoms with van der Waals surface area (Å²) in [5.74, 6) is 1.06. The number of carbonyl (C=O) groups is 1. The van der Waals surface area contributed by atoms with Crippen LogP contribution in [0.4, 0.5) is 0 Å². The Hall–Kier alpha value is -2.29. The van der Waals surface area contributed by atoms with Crippen molar-refractivity contribution in [2.75, 3.05) is 14.2 Å². The van der Waals surface area contributed by atoms with Crippen molar-refractivity contribution in [3.8, 4) is 5.75 Å². The molecule has 2 aromatic carbocycles. The average Bonchev–Trinajstić information content (AvgIpc) is 2.62. The van der Waals surface area contributed by atoms with E-state index < -0.39 is 5.91 Å². The number of nitrogens with zero attached hydrogens (tertiary/aromatic N) is 1. The molecule has 134 valence electrons. The highest BCUT2D eigenvalue weighted by Crippen LogP contribution is 2.12. The first kappa shape index (κ1) is 20.8. The van der Waals surface area contributed by atoms with Crippen molar-refractivity contribution in [3.63, 3.8) is 0 Å². The van der Waals surface area contributed by atoms with E-state index in [4.69, 9.17) is 10.5 Å². The molecule has 0 spiro atoms. The Kier molecular flexibility index (Phi) is 8.76. The van der Waals surface area contributed by atoms with Gasteiger partial charge in [0.05, 0.1) is 7.11 Å². The molecule has 0 saturated heterocycles. The first-order valence-corrected chi connectivity index (χ1v) is 7.58. The highest BCUT2D eigenvalue weighted by Gasteiger charge is 2.03. The van der Waals surface area contributed by atoms with E-state index in [1.165, 1.54) is 0 Å². The van der Waals surface area contributed by atoms with E-state index in [1.807, 2.05) is 36.4 Å². The summed E-state index contributed by atoms with van der Waals surface area (Å²) in [6.45, 7) is 1.16. The van der Waals surface area contributed by atoms with Gasteiger partial charge in [-0.2, -0.15) is 0 Å². The van der Waals surface area contributed by atoms with E-state index in [2.05, 4.69) is 15.6 Å². The Morgan fingerprint density at radius 1 is 1.08 bits per heavy atom. The number of benzene rings is 2. The molecule has 7 heteroatoms. The maximum absolute atomic E-state index is 11.2. The number of amides is 1. The van der Waals surface area contributed by atoms with Gasteiger partial charge in [-0.3, -0.25) is 9.79 Å². The zero-order valence-corrected chi connectivity index (χ0v) is 16.6. The Balaban J connectivity index is 0.00000312. The third kappa shape index (κ3) is 6.61. The number of halogens is 1. The van der Waals surface area contributed by atoms with Crippen molar-refractivity contribution in [1.29, 1.82) is 0 Å². The standard InChI is InChI=1S/C18H22N4O2.HI/c1-20-18(22-12-14-6-4-8-16(10-14)24-2)21-11-13-5-3-7-15(9-13)17(19)23;/h3-10H,11-12H2,1-2H3,(H2,19,23)(H2,20,21,22);1H. The third-order valence-corrected chi connectivity index (χ3v) is 3.49. The summed E-state index contributed by atoms with van der Waals surface area (Å²) in [7, 11) is 3.36. The molecular weight excluding hydrogens is 431 g/mol. The van der Waals surface area contributed by atoms with Gasteiger partial charge < -0.3 is 21.1 Å². The fraction of sp³-hybridized carbons (Fsp3) is 0.222. The fourth-order valence-electron chi connectivity index (χ4n) is 2.21. The van der Waals surface area contributed by atoms with Crippen molar-refractivity contribution >= 4 is 35.8 Å². The maximum Gasteiger partial charge on any atom is 0.248 e. The first-order valence-electron chi connectivity index (χ1n) is 7.58. The van der Waals surface area contributed by atoms with Gasteiger partial charge in [0.2, 0.25) is 5.91 Å². The SMILES string of the molecule is CN=C(NCc1cccc(OC)c1)NCc1cccc(C(N)=O)c1.I. The van der Waals surface area contributed by atoms with Gasteiger partial charge in [0.15, 0.2) is 5.96 Å². The van der Waals surface area contributed by atoms with Crippen LogP contribution in [0.5, 0.6) is 5.75 Å². The van der Waals surface area contributed by atoms with Crippen LogP contribution in [0.25, 0.3) is 0 Å². The molecule has 1 amide bonds. The summed E-state index contributed by atoms with van der Waals surface area (Å²) >= 11 is 0. The molecule has 6 nitrogen and oxygen atoms in total. The van der Waals surface area contributed by atoms with Crippen molar-refractivity contribution in [2.24, 2.45) is 10.7 Å². The molecule has 0 aliphatic heterocycles. The molecule has 0 fully saturated rings.